The van der Waals surface area contributed by atoms with Crippen molar-refractivity contribution >= 4 is 11.7 Å². The van der Waals surface area contributed by atoms with Gasteiger partial charge < -0.3 is 24.5 Å². The van der Waals surface area contributed by atoms with Crippen molar-refractivity contribution in [2.45, 2.75) is 20.0 Å². The number of aryl methyl sites for hydroxylation is 1. The van der Waals surface area contributed by atoms with Gasteiger partial charge in [-0.25, -0.2) is 4.79 Å². The molecule has 0 aliphatic rings. The Morgan fingerprint density at radius 1 is 1.30 bits per heavy atom. The number of rotatable bonds is 8. The fraction of sp³-hybridized carbons (Fsp3) is 0.353. The van der Waals surface area contributed by atoms with Gasteiger partial charge in [-0.3, -0.25) is 0 Å². The lowest BCUT2D eigenvalue weighted by atomic mass is 10.2. The van der Waals surface area contributed by atoms with Crippen LogP contribution >= 0.6 is 0 Å². The Morgan fingerprint density at radius 3 is 2.87 bits per heavy atom. The van der Waals surface area contributed by atoms with Gasteiger partial charge in [0.15, 0.2) is 0 Å². The normalized spacial score (nSPS) is 10.3. The number of furan rings is 1. The molecule has 0 bridgehead atoms. The predicted octanol–water partition coefficient (Wildman–Crippen LogP) is 3.33. The number of urea groups is 1. The van der Waals surface area contributed by atoms with Crippen molar-refractivity contribution in [1.82, 2.24) is 5.32 Å². The van der Waals surface area contributed by atoms with Crippen LogP contribution in [0, 0.1) is 6.92 Å². The van der Waals surface area contributed by atoms with Gasteiger partial charge in [0.1, 0.15) is 18.1 Å². The van der Waals surface area contributed by atoms with E-state index in [2.05, 4.69) is 10.6 Å². The van der Waals surface area contributed by atoms with E-state index in [4.69, 9.17) is 13.9 Å². The number of nitrogens with one attached hydrogen (secondary N) is 2. The number of anilines is 1. The summed E-state index contributed by atoms with van der Waals surface area (Å²) in [6, 6.07) is 8.95. The molecule has 0 aliphatic carbocycles. The van der Waals surface area contributed by atoms with Gasteiger partial charge in [-0.15, -0.1) is 0 Å². The minimum Gasteiger partial charge on any atom is -0.496 e. The third-order valence-electron chi connectivity index (χ3n) is 3.23. The van der Waals surface area contributed by atoms with Gasteiger partial charge in [-0.2, -0.15) is 0 Å². The van der Waals surface area contributed by atoms with Crippen molar-refractivity contribution in [3.05, 3.63) is 47.9 Å². The predicted molar refractivity (Wildman–Crippen MR) is 87.7 cm³/mol. The van der Waals surface area contributed by atoms with E-state index < -0.39 is 0 Å². The van der Waals surface area contributed by atoms with Crippen molar-refractivity contribution in [2.75, 3.05) is 25.6 Å². The Kier molecular flexibility index (Phi) is 6.50. The van der Waals surface area contributed by atoms with Gasteiger partial charge in [-0.05, 0) is 49.2 Å². The van der Waals surface area contributed by atoms with Crippen molar-refractivity contribution < 1.29 is 18.7 Å². The maximum absolute atomic E-state index is 11.8. The molecule has 23 heavy (non-hydrogen) atoms. The van der Waals surface area contributed by atoms with Gasteiger partial charge in [-0.1, -0.05) is 0 Å². The van der Waals surface area contributed by atoms with E-state index in [-0.39, 0.29) is 6.03 Å². The highest BCUT2D eigenvalue weighted by Crippen LogP contribution is 2.21. The molecule has 2 rings (SSSR count). The van der Waals surface area contributed by atoms with Gasteiger partial charge >= 0.3 is 6.03 Å². The van der Waals surface area contributed by atoms with Gasteiger partial charge in [0, 0.05) is 18.8 Å². The molecular formula is C17H22N2O4. The lowest BCUT2D eigenvalue weighted by molar-refractivity contribution is 0.104. The summed E-state index contributed by atoms with van der Waals surface area (Å²) in [5.41, 5.74) is 1.70. The molecule has 0 fully saturated rings. The average molecular weight is 318 g/mol. The van der Waals surface area contributed by atoms with E-state index in [9.17, 15) is 4.79 Å². The Hall–Kier alpha value is -2.47. The summed E-state index contributed by atoms with van der Waals surface area (Å²) < 4.78 is 15.8. The fourth-order valence-corrected chi connectivity index (χ4v) is 2.08. The van der Waals surface area contributed by atoms with E-state index in [1.807, 2.05) is 31.2 Å². The Balaban J connectivity index is 1.60. The molecule has 2 N–H and O–H groups in total. The Bertz CT molecular complexity index is 611. The number of methoxy groups -OCH3 is 1. The zero-order valence-electron chi connectivity index (χ0n) is 13.4. The minimum absolute atomic E-state index is 0.236. The summed E-state index contributed by atoms with van der Waals surface area (Å²) >= 11 is 0. The smallest absolute Gasteiger partial charge is 0.319 e. The van der Waals surface area contributed by atoms with Crippen molar-refractivity contribution in [2.24, 2.45) is 0 Å². The summed E-state index contributed by atoms with van der Waals surface area (Å²) in [7, 11) is 1.62. The molecule has 2 aromatic rings. The molecular weight excluding hydrogens is 296 g/mol. The molecule has 1 aromatic carbocycles. The van der Waals surface area contributed by atoms with Crippen LogP contribution in [0.5, 0.6) is 5.75 Å². The summed E-state index contributed by atoms with van der Waals surface area (Å²) in [5.74, 6) is 1.59. The van der Waals surface area contributed by atoms with E-state index in [0.29, 0.717) is 19.8 Å². The first-order chi connectivity index (χ1) is 11.2. The van der Waals surface area contributed by atoms with E-state index >= 15 is 0 Å². The molecule has 1 heterocycles. The van der Waals surface area contributed by atoms with Gasteiger partial charge in [0.25, 0.3) is 0 Å². The second-order valence-electron chi connectivity index (χ2n) is 5.05. The number of carbonyl (C=O) groups excluding carboxylic acids is 1. The number of carbonyl (C=O) groups is 1. The SMILES string of the molecule is COc1ccc(NC(=O)NCCCOCc2ccco2)cc1C. The second-order valence-corrected chi connectivity index (χ2v) is 5.05. The van der Waals surface area contributed by atoms with E-state index in [0.717, 1.165) is 29.2 Å². The highest BCUT2D eigenvalue weighted by atomic mass is 16.5. The largest absolute Gasteiger partial charge is 0.496 e. The van der Waals surface area contributed by atoms with Gasteiger partial charge in [0.2, 0.25) is 0 Å². The maximum atomic E-state index is 11.8. The molecule has 2 amide bonds. The highest BCUT2D eigenvalue weighted by molar-refractivity contribution is 5.89. The molecule has 0 aliphatic heterocycles. The molecule has 124 valence electrons. The second kappa shape index (κ2) is 8.85. The van der Waals surface area contributed by atoms with Crippen LogP contribution in [-0.4, -0.2) is 26.3 Å². The molecule has 6 nitrogen and oxygen atoms in total. The van der Waals surface area contributed by atoms with E-state index in [1.165, 1.54) is 0 Å². The molecule has 6 heteroatoms. The van der Waals surface area contributed by atoms with Gasteiger partial charge in [0.05, 0.1) is 13.4 Å². The number of hydrogen-bond acceptors (Lipinski definition) is 4. The van der Waals surface area contributed by atoms with Crippen LogP contribution in [0.4, 0.5) is 10.5 Å². The van der Waals surface area contributed by atoms with Crippen molar-refractivity contribution in [3.8, 4) is 5.75 Å². The first kappa shape index (κ1) is 16.9. The topological polar surface area (TPSA) is 72.7 Å². The standard InChI is InChI=1S/C17H22N2O4/c1-13-11-14(6-7-16(13)21-2)19-17(20)18-8-4-9-22-12-15-5-3-10-23-15/h3,5-7,10-11H,4,8-9,12H2,1-2H3,(H2,18,19,20). The van der Waals surface area contributed by atoms with Crippen LogP contribution in [0.1, 0.15) is 17.7 Å². The first-order valence-corrected chi connectivity index (χ1v) is 7.48. The summed E-state index contributed by atoms with van der Waals surface area (Å²) in [6.07, 6.45) is 2.35. The molecule has 1 aromatic heterocycles. The number of hydrogen-bond donors (Lipinski definition) is 2. The average Bonchev–Trinajstić information content (AvgIpc) is 3.04. The first-order valence-electron chi connectivity index (χ1n) is 7.48. The molecule has 0 atom stereocenters. The van der Waals surface area contributed by atoms with E-state index in [1.54, 1.807) is 19.4 Å². The van der Waals surface area contributed by atoms with Crippen LogP contribution in [0.15, 0.2) is 41.0 Å². The summed E-state index contributed by atoms with van der Waals surface area (Å²) in [6.45, 7) is 3.48. The highest BCUT2D eigenvalue weighted by Gasteiger charge is 2.04. The zero-order chi connectivity index (χ0) is 16.5. The molecule has 0 spiro atoms. The molecule has 0 saturated carbocycles. The van der Waals surface area contributed by atoms with Crippen LogP contribution in [0.3, 0.4) is 0 Å². The number of amides is 2. The van der Waals surface area contributed by atoms with Crippen LogP contribution < -0.4 is 15.4 Å². The van der Waals surface area contributed by atoms with Crippen LogP contribution in [0.25, 0.3) is 0 Å². The minimum atomic E-state index is -0.236. The summed E-state index contributed by atoms with van der Waals surface area (Å²) in [5, 5.41) is 5.57. The third-order valence-corrected chi connectivity index (χ3v) is 3.23. The zero-order valence-corrected chi connectivity index (χ0v) is 13.4. The van der Waals surface area contributed by atoms with Crippen molar-refractivity contribution in [3.63, 3.8) is 0 Å². The molecule has 0 saturated heterocycles. The van der Waals surface area contributed by atoms with Crippen LogP contribution in [0.2, 0.25) is 0 Å². The monoisotopic (exact) mass is 318 g/mol. The maximum Gasteiger partial charge on any atom is 0.319 e. The lowest BCUT2D eigenvalue weighted by Crippen LogP contribution is -2.30. The fourth-order valence-electron chi connectivity index (χ4n) is 2.08. The Morgan fingerprint density at radius 2 is 2.17 bits per heavy atom. The molecule has 0 unspecified atom stereocenters. The summed E-state index contributed by atoms with van der Waals surface area (Å²) in [4.78, 5) is 11.8. The van der Waals surface area contributed by atoms with Crippen LogP contribution in [-0.2, 0) is 11.3 Å². The lowest BCUT2D eigenvalue weighted by Gasteiger charge is -2.10. The number of benzene rings is 1. The number of ether oxygens (including phenoxy) is 2. The quantitative estimate of drug-likeness (QED) is 0.732. The van der Waals surface area contributed by atoms with Crippen molar-refractivity contribution in [1.29, 1.82) is 0 Å². The third kappa shape index (κ3) is 5.67. The molecule has 0 radical (unpaired) electrons. The Labute approximate surface area is 135 Å².